The van der Waals surface area contributed by atoms with Crippen molar-refractivity contribution in [2.24, 2.45) is 4.99 Å². The van der Waals surface area contributed by atoms with Gasteiger partial charge in [-0.1, -0.05) is 30.7 Å². The van der Waals surface area contributed by atoms with Gasteiger partial charge >= 0.3 is 0 Å². The molecule has 6 nitrogen and oxygen atoms in total. The lowest BCUT2D eigenvalue weighted by atomic mass is 9.99. The molecule has 142 valence electrons. The minimum absolute atomic E-state index is 0. The lowest BCUT2D eigenvalue weighted by Crippen LogP contribution is -2.37. The summed E-state index contributed by atoms with van der Waals surface area (Å²) in [4.78, 5) is 4.25. The van der Waals surface area contributed by atoms with Gasteiger partial charge in [-0.05, 0) is 25.7 Å². The second kappa shape index (κ2) is 12.3. The second-order valence-electron chi connectivity index (χ2n) is 6.02. The summed E-state index contributed by atoms with van der Waals surface area (Å²) in [6.45, 7) is 7.39. The Morgan fingerprint density at radius 1 is 1.32 bits per heavy atom. The van der Waals surface area contributed by atoms with Crippen molar-refractivity contribution in [2.45, 2.75) is 52.0 Å². The van der Waals surface area contributed by atoms with Crippen molar-refractivity contribution in [1.82, 2.24) is 15.8 Å². The van der Waals surface area contributed by atoms with E-state index in [0.717, 1.165) is 62.9 Å². The van der Waals surface area contributed by atoms with E-state index in [9.17, 15) is 0 Å². The predicted octanol–water partition coefficient (Wildman–Crippen LogP) is 3.60. The number of rotatable bonds is 8. The summed E-state index contributed by atoms with van der Waals surface area (Å²) in [7, 11) is 1.78. The first-order valence-corrected chi connectivity index (χ1v) is 8.92. The summed E-state index contributed by atoms with van der Waals surface area (Å²) in [6, 6.07) is 2.05. The standard InChI is InChI=1S/C18H30N4O2.HI/c1-4-15(5-2)17-12-16(24-22-17)13-21-18(19-3)20-9-6-14-7-10-23-11-8-14;/h7,12,15H,4-6,8-11,13H2,1-3H3,(H2,19,20,21);1H. The topological polar surface area (TPSA) is 71.7 Å². The number of hydrogen-bond acceptors (Lipinski definition) is 4. The molecule has 0 saturated carbocycles. The normalized spacial score (nSPS) is 14.9. The van der Waals surface area contributed by atoms with Crippen LogP contribution >= 0.6 is 24.0 Å². The average molecular weight is 462 g/mol. The van der Waals surface area contributed by atoms with Gasteiger partial charge in [0.05, 0.1) is 25.5 Å². The van der Waals surface area contributed by atoms with Gasteiger partial charge in [-0.3, -0.25) is 4.99 Å². The van der Waals surface area contributed by atoms with Crippen molar-refractivity contribution in [1.29, 1.82) is 0 Å². The molecule has 0 radical (unpaired) electrons. The van der Waals surface area contributed by atoms with E-state index in [4.69, 9.17) is 9.26 Å². The molecule has 7 heteroatoms. The predicted molar refractivity (Wildman–Crippen MR) is 112 cm³/mol. The van der Waals surface area contributed by atoms with Crippen LogP contribution in [0.3, 0.4) is 0 Å². The summed E-state index contributed by atoms with van der Waals surface area (Å²) in [5.41, 5.74) is 2.50. The van der Waals surface area contributed by atoms with Crippen molar-refractivity contribution in [3.63, 3.8) is 0 Å². The number of aliphatic imine (C=N–C) groups is 1. The zero-order valence-corrected chi connectivity index (χ0v) is 17.8. The summed E-state index contributed by atoms with van der Waals surface area (Å²) < 4.78 is 10.7. The highest BCUT2D eigenvalue weighted by Gasteiger charge is 2.13. The van der Waals surface area contributed by atoms with E-state index in [1.54, 1.807) is 7.05 Å². The fourth-order valence-corrected chi connectivity index (χ4v) is 2.84. The molecule has 0 spiro atoms. The fourth-order valence-electron chi connectivity index (χ4n) is 2.84. The highest BCUT2D eigenvalue weighted by molar-refractivity contribution is 14.0. The van der Waals surface area contributed by atoms with Crippen molar-refractivity contribution in [3.05, 3.63) is 29.2 Å². The molecule has 25 heavy (non-hydrogen) atoms. The average Bonchev–Trinajstić information content (AvgIpc) is 3.08. The number of ether oxygens (including phenoxy) is 1. The van der Waals surface area contributed by atoms with Crippen LogP contribution < -0.4 is 10.6 Å². The Labute approximate surface area is 167 Å². The van der Waals surface area contributed by atoms with Crippen LogP contribution in [0.1, 0.15) is 56.9 Å². The number of halogens is 1. The van der Waals surface area contributed by atoms with Crippen molar-refractivity contribution in [3.8, 4) is 0 Å². The largest absolute Gasteiger partial charge is 0.377 e. The molecule has 0 bridgehead atoms. The molecule has 0 amide bonds. The van der Waals surface area contributed by atoms with E-state index in [1.165, 1.54) is 5.57 Å². The van der Waals surface area contributed by atoms with E-state index in [2.05, 4.69) is 40.7 Å². The molecular formula is C18H31IN4O2. The van der Waals surface area contributed by atoms with Crippen LogP contribution in [-0.2, 0) is 11.3 Å². The van der Waals surface area contributed by atoms with Crippen LogP contribution in [0.25, 0.3) is 0 Å². The van der Waals surface area contributed by atoms with E-state index in [1.807, 2.05) is 6.07 Å². The molecule has 2 N–H and O–H groups in total. The molecule has 0 saturated heterocycles. The number of aromatic nitrogens is 1. The second-order valence-corrected chi connectivity index (χ2v) is 6.02. The first kappa shape index (κ1) is 22.0. The monoisotopic (exact) mass is 462 g/mol. The molecule has 0 fully saturated rings. The van der Waals surface area contributed by atoms with E-state index >= 15 is 0 Å². The molecule has 1 aromatic heterocycles. The Kier molecular flexibility index (Phi) is 10.8. The van der Waals surface area contributed by atoms with Crippen molar-refractivity contribution >= 4 is 29.9 Å². The first-order valence-electron chi connectivity index (χ1n) is 8.92. The molecule has 0 atom stereocenters. The Morgan fingerprint density at radius 3 is 2.76 bits per heavy atom. The van der Waals surface area contributed by atoms with Gasteiger partial charge in [0, 0.05) is 25.6 Å². The zero-order chi connectivity index (χ0) is 17.2. The molecule has 1 aliphatic heterocycles. The van der Waals surface area contributed by atoms with E-state index in [-0.39, 0.29) is 24.0 Å². The SMILES string of the molecule is CCC(CC)c1cc(CNC(=NC)NCCC2=CCOCC2)on1.I. The molecule has 0 unspecified atom stereocenters. The highest BCUT2D eigenvalue weighted by atomic mass is 127. The molecule has 2 heterocycles. The van der Waals surface area contributed by atoms with Gasteiger partial charge in [-0.2, -0.15) is 0 Å². The maximum atomic E-state index is 5.43. The minimum atomic E-state index is 0. The van der Waals surface area contributed by atoms with Crippen LogP contribution in [0, 0.1) is 0 Å². The number of nitrogens with one attached hydrogen (secondary N) is 2. The van der Waals surface area contributed by atoms with Gasteiger partial charge in [0.2, 0.25) is 0 Å². The third-order valence-corrected chi connectivity index (χ3v) is 4.43. The Balaban J connectivity index is 0.00000312. The van der Waals surface area contributed by atoms with Crippen molar-refractivity contribution in [2.75, 3.05) is 26.8 Å². The molecular weight excluding hydrogens is 431 g/mol. The Morgan fingerprint density at radius 2 is 2.12 bits per heavy atom. The number of nitrogens with zero attached hydrogens (tertiary/aromatic N) is 2. The maximum Gasteiger partial charge on any atom is 0.191 e. The maximum absolute atomic E-state index is 5.43. The summed E-state index contributed by atoms with van der Waals surface area (Å²) in [5, 5.41) is 10.8. The zero-order valence-electron chi connectivity index (χ0n) is 15.5. The van der Waals surface area contributed by atoms with Crippen LogP contribution in [-0.4, -0.2) is 37.9 Å². The van der Waals surface area contributed by atoms with Crippen LogP contribution in [0.5, 0.6) is 0 Å². The fraction of sp³-hybridized carbons (Fsp3) is 0.667. The Hall–Kier alpha value is -1.09. The molecule has 1 aromatic rings. The summed E-state index contributed by atoms with van der Waals surface area (Å²) in [6.07, 6.45) is 6.39. The van der Waals surface area contributed by atoms with E-state index < -0.39 is 0 Å². The smallest absolute Gasteiger partial charge is 0.191 e. The summed E-state index contributed by atoms with van der Waals surface area (Å²) in [5.74, 6) is 2.10. The van der Waals surface area contributed by atoms with Crippen LogP contribution in [0.15, 0.2) is 27.2 Å². The quantitative estimate of drug-likeness (QED) is 0.268. The molecule has 1 aliphatic rings. The van der Waals surface area contributed by atoms with E-state index in [0.29, 0.717) is 12.5 Å². The third-order valence-electron chi connectivity index (χ3n) is 4.43. The molecule has 0 aliphatic carbocycles. The molecule has 0 aromatic carbocycles. The van der Waals surface area contributed by atoms with Gasteiger partial charge in [-0.15, -0.1) is 24.0 Å². The first-order chi connectivity index (χ1) is 11.8. The van der Waals surface area contributed by atoms with Crippen molar-refractivity contribution < 1.29 is 9.26 Å². The summed E-state index contributed by atoms with van der Waals surface area (Å²) >= 11 is 0. The number of guanidine groups is 1. The minimum Gasteiger partial charge on any atom is -0.377 e. The lowest BCUT2D eigenvalue weighted by Gasteiger charge is -2.15. The highest BCUT2D eigenvalue weighted by Crippen LogP contribution is 2.22. The van der Waals surface area contributed by atoms with Gasteiger partial charge in [0.1, 0.15) is 0 Å². The van der Waals surface area contributed by atoms with Gasteiger partial charge in [0.25, 0.3) is 0 Å². The Bertz CT molecular complexity index is 553. The van der Waals surface area contributed by atoms with Gasteiger partial charge in [0.15, 0.2) is 11.7 Å². The van der Waals surface area contributed by atoms with Crippen LogP contribution in [0.4, 0.5) is 0 Å². The number of hydrogen-bond donors (Lipinski definition) is 2. The van der Waals surface area contributed by atoms with Gasteiger partial charge in [-0.25, -0.2) is 0 Å². The third kappa shape index (κ3) is 7.35. The lowest BCUT2D eigenvalue weighted by molar-refractivity contribution is 0.153. The van der Waals surface area contributed by atoms with Crippen LogP contribution in [0.2, 0.25) is 0 Å². The van der Waals surface area contributed by atoms with Gasteiger partial charge < -0.3 is 19.9 Å². The molecule has 2 rings (SSSR count).